The van der Waals surface area contributed by atoms with Crippen LogP contribution in [0.3, 0.4) is 0 Å². The van der Waals surface area contributed by atoms with Crippen LogP contribution in [0.15, 0.2) is 6.20 Å². The van der Waals surface area contributed by atoms with E-state index in [9.17, 15) is 0 Å². The minimum Gasteiger partial charge on any atom is -0.372 e. The first-order chi connectivity index (χ1) is 5.60. The Balaban J connectivity index is 2.88. The summed E-state index contributed by atoms with van der Waals surface area (Å²) < 4.78 is 5.29. The Morgan fingerprint density at radius 2 is 2.33 bits per heavy atom. The molecule has 0 bridgehead atoms. The molecule has 0 aliphatic rings. The third-order valence-electron chi connectivity index (χ3n) is 1.71. The lowest BCUT2D eigenvalue weighted by atomic mass is 10.1. The Labute approximate surface area is 81.5 Å². The van der Waals surface area contributed by atoms with Gasteiger partial charge in [0.1, 0.15) is 10.6 Å². The molecule has 0 amide bonds. The van der Waals surface area contributed by atoms with E-state index in [2.05, 4.69) is 4.98 Å². The van der Waals surface area contributed by atoms with Crippen LogP contribution < -0.4 is 0 Å². The number of rotatable bonds is 3. The SMILES string of the molecule is COC(C)(C)c1ncc(CCl)s1. The van der Waals surface area contributed by atoms with Crippen molar-refractivity contribution in [1.82, 2.24) is 4.98 Å². The summed E-state index contributed by atoms with van der Waals surface area (Å²) in [5.74, 6) is 0.525. The van der Waals surface area contributed by atoms with Crippen molar-refractivity contribution in [2.45, 2.75) is 25.3 Å². The summed E-state index contributed by atoms with van der Waals surface area (Å²) >= 11 is 7.26. The predicted octanol–water partition coefficient (Wildman–Crippen LogP) is 2.76. The zero-order valence-electron chi connectivity index (χ0n) is 7.43. The van der Waals surface area contributed by atoms with E-state index in [1.54, 1.807) is 24.6 Å². The van der Waals surface area contributed by atoms with E-state index in [0.29, 0.717) is 5.88 Å². The molecule has 1 rings (SSSR count). The van der Waals surface area contributed by atoms with Crippen molar-refractivity contribution < 1.29 is 4.74 Å². The second-order valence-corrected chi connectivity index (χ2v) is 4.36. The zero-order valence-corrected chi connectivity index (χ0v) is 9.00. The summed E-state index contributed by atoms with van der Waals surface area (Å²) in [6, 6.07) is 0. The van der Waals surface area contributed by atoms with Gasteiger partial charge in [-0.15, -0.1) is 22.9 Å². The number of hydrogen-bond acceptors (Lipinski definition) is 3. The lowest BCUT2D eigenvalue weighted by molar-refractivity contribution is 0.0190. The highest BCUT2D eigenvalue weighted by atomic mass is 35.5. The molecular weight excluding hydrogens is 194 g/mol. The average Bonchev–Trinajstić information content (AvgIpc) is 2.52. The lowest BCUT2D eigenvalue weighted by Gasteiger charge is -2.19. The van der Waals surface area contributed by atoms with Crippen LogP contribution in [0.1, 0.15) is 23.7 Å². The van der Waals surface area contributed by atoms with Crippen molar-refractivity contribution in [2.75, 3.05) is 7.11 Å². The number of hydrogen-bond donors (Lipinski definition) is 0. The van der Waals surface area contributed by atoms with Crippen LogP contribution in [0.2, 0.25) is 0 Å². The second-order valence-electron chi connectivity index (χ2n) is 2.98. The molecule has 0 atom stereocenters. The van der Waals surface area contributed by atoms with Gasteiger partial charge in [-0.25, -0.2) is 4.98 Å². The quantitative estimate of drug-likeness (QED) is 0.708. The average molecular weight is 206 g/mol. The van der Waals surface area contributed by atoms with E-state index in [4.69, 9.17) is 16.3 Å². The number of thiazole rings is 1. The molecule has 2 nitrogen and oxygen atoms in total. The molecule has 0 aliphatic carbocycles. The molecule has 4 heteroatoms. The van der Waals surface area contributed by atoms with Gasteiger partial charge in [-0.2, -0.15) is 0 Å². The van der Waals surface area contributed by atoms with Gasteiger partial charge in [-0.1, -0.05) is 0 Å². The topological polar surface area (TPSA) is 22.1 Å². The number of nitrogens with zero attached hydrogens (tertiary/aromatic N) is 1. The van der Waals surface area contributed by atoms with Gasteiger partial charge < -0.3 is 4.74 Å². The first-order valence-corrected chi connectivity index (χ1v) is 5.01. The molecule has 0 spiro atoms. The van der Waals surface area contributed by atoms with Crippen LogP contribution in [0, 0.1) is 0 Å². The molecule has 0 aromatic carbocycles. The minimum atomic E-state index is -0.297. The third-order valence-corrected chi connectivity index (χ3v) is 3.46. The maximum atomic E-state index is 5.66. The van der Waals surface area contributed by atoms with Crippen molar-refractivity contribution in [1.29, 1.82) is 0 Å². The number of alkyl halides is 1. The van der Waals surface area contributed by atoms with Gasteiger partial charge in [0.25, 0.3) is 0 Å². The lowest BCUT2D eigenvalue weighted by Crippen LogP contribution is -2.18. The molecule has 0 aliphatic heterocycles. The van der Waals surface area contributed by atoms with Gasteiger partial charge >= 0.3 is 0 Å². The monoisotopic (exact) mass is 205 g/mol. The van der Waals surface area contributed by atoms with Gasteiger partial charge in [-0.3, -0.25) is 0 Å². The number of ether oxygens (including phenoxy) is 1. The number of halogens is 1. The van der Waals surface area contributed by atoms with Gasteiger partial charge in [0.2, 0.25) is 0 Å². The van der Waals surface area contributed by atoms with E-state index in [0.717, 1.165) is 9.88 Å². The highest BCUT2D eigenvalue weighted by Crippen LogP contribution is 2.28. The third kappa shape index (κ3) is 1.97. The van der Waals surface area contributed by atoms with Crippen molar-refractivity contribution in [3.05, 3.63) is 16.1 Å². The first kappa shape index (κ1) is 9.96. The molecule has 0 unspecified atom stereocenters. The first-order valence-electron chi connectivity index (χ1n) is 3.66. The molecule has 0 radical (unpaired) electrons. The fourth-order valence-electron chi connectivity index (χ4n) is 0.735. The van der Waals surface area contributed by atoms with E-state index in [1.807, 2.05) is 13.8 Å². The van der Waals surface area contributed by atoms with Crippen LogP contribution in [0.25, 0.3) is 0 Å². The maximum absolute atomic E-state index is 5.66. The normalized spacial score (nSPS) is 12.0. The van der Waals surface area contributed by atoms with E-state index in [1.165, 1.54) is 0 Å². The van der Waals surface area contributed by atoms with Gasteiger partial charge in [0.05, 0.1) is 5.88 Å². The molecule has 1 aromatic heterocycles. The molecule has 12 heavy (non-hydrogen) atoms. The highest BCUT2D eigenvalue weighted by molar-refractivity contribution is 7.11. The smallest absolute Gasteiger partial charge is 0.124 e. The van der Waals surface area contributed by atoms with Crippen molar-refractivity contribution in [3.8, 4) is 0 Å². The summed E-state index contributed by atoms with van der Waals surface area (Å²) in [5, 5.41) is 0.973. The molecule has 0 saturated carbocycles. The fourth-order valence-corrected chi connectivity index (χ4v) is 1.81. The Bertz CT molecular complexity index is 259. The molecular formula is C8H12ClNOS. The molecule has 0 fully saturated rings. The summed E-state index contributed by atoms with van der Waals surface area (Å²) in [6.45, 7) is 3.98. The summed E-state index contributed by atoms with van der Waals surface area (Å²) in [7, 11) is 1.68. The van der Waals surface area contributed by atoms with Crippen LogP contribution in [-0.4, -0.2) is 12.1 Å². The standard InChI is InChI=1S/C8H12ClNOS/c1-8(2,11-3)7-10-5-6(4-9)12-7/h5H,4H2,1-3H3. The van der Waals surface area contributed by atoms with E-state index in [-0.39, 0.29) is 5.60 Å². The van der Waals surface area contributed by atoms with Crippen LogP contribution in [0.5, 0.6) is 0 Å². The Morgan fingerprint density at radius 3 is 2.75 bits per heavy atom. The van der Waals surface area contributed by atoms with Crippen molar-refractivity contribution in [2.24, 2.45) is 0 Å². The van der Waals surface area contributed by atoms with Crippen molar-refractivity contribution >= 4 is 22.9 Å². The van der Waals surface area contributed by atoms with Crippen LogP contribution in [0.4, 0.5) is 0 Å². The van der Waals surface area contributed by atoms with Gasteiger partial charge in [0, 0.05) is 18.2 Å². The minimum absolute atomic E-state index is 0.297. The molecule has 1 heterocycles. The Morgan fingerprint density at radius 1 is 1.67 bits per heavy atom. The summed E-state index contributed by atoms with van der Waals surface area (Å²) in [5.41, 5.74) is -0.297. The van der Waals surface area contributed by atoms with E-state index < -0.39 is 0 Å². The van der Waals surface area contributed by atoms with Crippen LogP contribution >= 0.6 is 22.9 Å². The molecule has 1 aromatic rings. The van der Waals surface area contributed by atoms with Gasteiger partial charge in [0.15, 0.2) is 0 Å². The van der Waals surface area contributed by atoms with Crippen LogP contribution in [-0.2, 0) is 16.2 Å². The van der Waals surface area contributed by atoms with Crippen molar-refractivity contribution in [3.63, 3.8) is 0 Å². The largest absolute Gasteiger partial charge is 0.372 e. The van der Waals surface area contributed by atoms with Gasteiger partial charge in [-0.05, 0) is 13.8 Å². The molecule has 0 N–H and O–H groups in total. The fraction of sp³-hybridized carbons (Fsp3) is 0.625. The number of aromatic nitrogens is 1. The summed E-state index contributed by atoms with van der Waals surface area (Å²) in [6.07, 6.45) is 1.80. The second kappa shape index (κ2) is 3.73. The van der Waals surface area contributed by atoms with E-state index >= 15 is 0 Å². The number of methoxy groups -OCH3 is 1. The maximum Gasteiger partial charge on any atom is 0.124 e. The molecule has 0 saturated heterocycles. The molecule has 68 valence electrons. The Kier molecular flexibility index (Phi) is 3.09. The zero-order chi connectivity index (χ0) is 9.19. The Hall–Kier alpha value is -0.120. The predicted molar refractivity (Wildman–Crippen MR) is 51.7 cm³/mol. The summed E-state index contributed by atoms with van der Waals surface area (Å²) in [4.78, 5) is 5.32. The highest BCUT2D eigenvalue weighted by Gasteiger charge is 2.23.